The molecule has 0 bridgehead atoms. The third-order valence-electron chi connectivity index (χ3n) is 3.40. The molecule has 1 aromatic rings. The number of carbonyl (C=O) groups is 3. The second-order valence-corrected chi connectivity index (χ2v) is 4.93. The Morgan fingerprint density at radius 3 is 2.68 bits per heavy atom. The van der Waals surface area contributed by atoms with Gasteiger partial charge in [-0.1, -0.05) is 13.0 Å². The van der Waals surface area contributed by atoms with Gasteiger partial charge in [0.1, 0.15) is 6.61 Å². The molecule has 116 valence electrons. The van der Waals surface area contributed by atoms with Crippen LogP contribution >= 0.6 is 0 Å². The fourth-order valence-electron chi connectivity index (χ4n) is 2.09. The Morgan fingerprint density at radius 2 is 2.05 bits per heavy atom. The van der Waals surface area contributed by atoms with Crippen LogP contribution in [0.5, 0.6) is 0 Å². The Labute approximate surface area is 128 Å². The van der Waals surface area contributed by atoms with Gasteiger partial charge in [-0.15, -0.1) is 6.58 Å². The van der Waals surface area contributed by atoms with Crippen LogP contribution in [0.15, 0.2) is 30.9 Å². The molecule has 0 saturated heterocycles. The Balaban J connectivity index is 2.20. The van der Waals surface area contributed by atoms with Gasteiger partial charge in [-0.05, 0) is 24.6 Å². The summed E-state index contributed by atoms with van der Waals surface area (Å²) in [7, 11) is 0. The summed E-state index contributed by atoms with van der Waals surface area (Å²) in [4.78, 5) is 37.2. The lowest BCUT2D eigenvalue weighted by Crippen LogP contribution is -2.29. The molecule has 0 fully saturated rings. The summed E-state index contributed by atoms with van der Waals surface area (Å²) < 4.78 is 4.96. The van der Waals surface area contributed by atoms with E-state index in [4.69, 9.17) is 4.74 Å². The van der Waals surface area contributed by atoms with Crippen LogP contribution in [0.1, 0.15) is 44.4 Å². The number of carbonyl (C=O) groups excluding carboxylic acids is 3. The van der Waals surface area contributed by atoms with Gasteiger partial charge in [0.05, 0.1) is 22.8 Å². The number of aliphatic hydroxyl groups excluding tert-OH is 1. The van der Waals surface area contributed by atoms with Gasteiger partial charge in [-0.25, -0.2) is 4.79 Å². The second-order valence-electron chi connectivity index (χ2n) is 4.93. The Morgan fingerprint density at radius 1 is 1.36 bits per heavy atom. The third-order valence-corrected chi connectivity index (χ3v) is 3.40. The van der Waals surface area contributed by atoms with Gasteiger partial charge >= 0.3 is 5.97 Å². The Kier molecular flexibility index (Phi) is 4.72. The van der Waals surface area contributed by atoms with Gasteiger partial charge in [0.25, 0.3) is 11.8 Å². The summed E-state index contributed by atoms with van der Waals surface area (Å²) in [5.41, 5.74) is 0.609. The zero-order valence-electron chi connectivity index (χ0n) is 12.2. The van der Waals surface area contributed by atoms with E-state index >= 15 is 0 Å². The summed E-state index contributed by atoms with van der Waals surface area (Å²) in [5, 5.41) is 9.39. The molecule has 2 rings (SSSR count). The van der Waals surface area contributed by atoms with Crippen LogP contribution in [-0.2, 0) is 4.74 Å². The SMILES string of the molecule is C=CCN1C(=O)c2ccc(C(=O)OCC(O)CC)cc2C1=O. The smallest absolute Gasteiger partial charge is 0.338 e. The fourth-order valence-corrected chi connectivity index (χ4v) is 2.09. The number of nitrogens with zero attached hydrogens (tertiary/aromatic N) is 1. The number of ether oxygens (including phenoxy) is 1. The van der Waals surface area contributed by atoms with Crippen molar-refractivity contribution in [1.29, 1.82) is 0 Å². The van der Waals surface area contributed by atoms with Crippen molar-refractivity contribution >= 4 is 17.8 Å². The molecule has 1 N–H and O–H groups in total. The minimum Gasteiger partial charge on any atom is -0.459 e. The molecule has 1 atom stereocenters. The van der Waals surface area contributed by atoms with Crippen molar-refractivity contribution in [3.8, 4) is 0 Å². The highest BCUT2D eigenvalue weighted by Crippen LogP contribution is 2.24. The van der Waals surface area contributed by atoms with E-state index in [9.17, 15) is 19.5 Å². The molecule has 1 unspecified atom stereocenters. The zero-order valence-corrected chi connectivity index (χ0v) is 12.2. The fraction of sp³-hybridized carbons (Fsp3) is 0.312. The van der Waals surface area contributed by atoms with Gasteiger partial charge in [-0.3, -0.25) is 14.5 Å². The molecule has 1 aromatic carbocycles. The van der Waals surface area contributed by atoms with Crippen molar-refractivity contribution in [1.82, 2.24) is 4.90 Å². The largest absolute Gasteiger partial charge is 0.459 e. The number of benzene rings is 1. The maximum Gasteiger partial charge on any atom is 0.338 e. The molecule has 6 nitrogen and oxygen atoms in total. The monoisotopic (exact) mass is 303 g/mol. The lowest BCUT2D eigenvalue weighted by atomic mass is 10.1. The molecule has 0 aromatic heterocycles. The van der Waals surface area contributed by atoms with Crippen LogP contribution in [0.4, 0.5) is 0 Å². The van der Waals surface area contributed by atoms with E-state index in [0.717, 1.165) is 4.90 Å². The summed E-state index contributed by atoms with van der Waals surface area (Å²) in [6.45, 7) is 5.29. The molecule has 0 radical (unpaired) electrons. The Bertz CT molecular complexity index is 637. The lowest BCUT2D eigenvalue weighted by Gasteiger charge is -2.09. The van der Waals surface area contributed by atoms with E-state index in [-0.39, 0.29) is 29.8 Å². The van der Waals surface area contributed by atoms with Crippen molar-refractivity contribution in [2.45, 2.75) is 19.4 Å². The highest BCUT2D eigenvalue weighted by atomic mass is 16.5. The standard InChI is InChI=1S/C16H17NO5/c1-3-7-17-14(19)12-6-5-10(8-13(12)15(17)20)16(21)22-9-11(18)4-2/h3,5-6,8,11,18H,1,4,7,9H2,2H3. The van der Waals surface area contributed by atoms with Crippen molar-refractivity contribution in [2.24, 2.45) is 0 Å². The highest BCUT2D eigenvalue weighted by Gasteiger charge is 2.35. The zero-order chi connectivity index (χ0) is 16.3. The van der Waals surface area contributed by atoms with Gasteiger partial charge in [0, 0.05) is 6.54 Å². The number of rotatable bonds is 6. The molecular weight excluding hydrogens is 286 g/mol. The molecular formula is C16H17NO5. The van der Waals surface area contributed by atoms with E-state index < -0.39 is 23.9 Å². The number of esters is 1. The van der Waals surface area contributed by atoms with Crippen molar-refractivity contribution < 1.29 is 24.2 Å². The number of amides is 2. The lowest BCUT2D eigenvalue weighted by molar-refractivity contribution is 0.0250. The summed E-state index contributed by atoms with van der Waals surface area (Å²) in [6, 6.07) is 4.22. The van der Waals surface area contributed by atoms with Crippen molar-refractivity contribution in [3.05, 3.63) is 47.5 Å². The average Bonchev–Trinajstić information content (AvgIpc) is 2.77. The number of hydrogen-bond acceptors (Lipinski definition) is 5. The first-order chi connectivity index (χ1) is 10.5. The first-order valence-corrected chi connectivity index (χ1v) is 6.95. The molecule has 1 aliphatic heterocycles. The molecule has 0 saturated carbocycles. The Hall–Kier alpha value is -2.47. The van der Waals surface area contributed by atoms with Gasteiger partial charge in [0.2, 0.25) is 0 Å². The van der Waals surface area contributed by atoms with Crippen molar-refractivity contribution in [2.75, 3.05) is 13.2 Å². The van der Waals surface area contributed by atoms with E-state index in [1.54, 1.807) is 6.92 Å². The normalized spacial score (nSPS) is 14.7. The van der Waals surface area contributed by atoms with Gasteiger partial charge in [0.15, 0.2) is 0 Å². The van der Waals surface area contributed by atoms with Crippen LogP contribution in [0, 0.1) is 0 Å². The number of aliphatic hydroxyl groups is 1. The summed E-state index contributed by atoms with van der Waals surface area (Å²) in [5.74, 6) is -1.50. The topological polar surface area (TPSA) is 83.9 Å². The molecule has 22 heavy (non-hydrogen) atoms. The molecule has 2 amide bonds. The first-order valence-electron chi connectivity index (χ1n) is 6.95. The van der Waals surface area contributed by atoms with Crippen LogP contribution in [-0.4, -0.2) is 47.0 Å². The molecule has 6 heteroatoms. The quantitative estimate of drug-likeness (QED) is 0.488. The van der Waals surface area contributed by atoms with Crippen LogP contribution < -0.4 is 0 Å². The minimum atomic E-state index is -0.718. The van der Waals surface area contributed by atoms with Crippen LogP contribution in [0.25, 0.3) is 0 Å². The summed E-state index contributed by atoms with van der Waals surface area (Å²) >= 11 is 0. The van der Waals surface area contributed by atoms with E-state index in [2.05, 4.69) is 6.58 Å². The van der Waals surface area contributed by atoms with Crippen LogP contribution in [0.2, 0.25) is 0 Å². The van der Waals surface area contributed by atoms with Gasteiger partial charge < -0.3 is 9.84 Å². The maximum absolute atomic E-state index is 12.1. The molecule has 0 spiro atoms. The highest BCUT2D eigenvalue weighted by molar-refractivity contribution is 6.22. The molecule has 1 heterocycles. The number of fused-ring (bicyclic) bond motifs is 1. The summed E-state index contributed by atoms with van der Waals surface area (Å²) in [6.07, 6.45) is 1.22. The van der Waals surface area contributed by atoms with Gasteiger partial charge in [-0.2, -0.15) is 0 Å². The molecule has 0 aliphatic carbocycles. The van der Waals surface area contributed by atoms with E-state index in [0.29, 0.717) is 6.42 Å². The van der Waals surface area contributed by atoms with E-state index in [1.165, 1.54) is 24.3 Å². The molecule has 1 aliphatic rings. The number of hydrogen-bond donors (Lipinski definition) is 1. The van der Waals surface area contributed by atoms with Crippen molar-refractivity contribution in [3.63, 3.8) is 0 Å². The maximum atomic E-state index is 12.1. The number of imide groups is 1. The minimum absolute atomic E-state index is 0.109. The predicted octanol–water partition coefficient (Wildman–Crippen LogP) is 1.40. The average molecular weight is 303 g/mol. The third kappa shape index (κ3) is 2.92. The van der Waals surface area contributed by atoms with E-state index in [1.807, 2.05) is 0 Å². The van der Waals surface area contributed by atoms with Crippen LogP contribution in [0.3, 0.4) is 0 Å². The first kappa shape index (κ1) is 15.9. The second kappa shape index (κ2) is 6.53. The predicted molar refractivity (Wildman–Crippen MR) is 78.6 cm³/mol.